The summed E-state index contributed by atoms with van der Waals surface area (Å²) in [6.45, 7) is 9.27. The molecular weight excluding hydrogens is 333 g/mol. The Kier molecular flexibility index (Phi) is 6.87. The fraction of sp³-hybridized carbons (Fsp3) is 0.615. The molecule has 0 spiro atoms. The standard InChI is InChI=1S/C13H21Cl2N3O2S/c1-9(2)18(10(3)4)6-5-17-21(19,20)11-7-12(14)13(15)16-8-11/h7-10,17H,5-6H2,1-4H3. The summed E-state index contributed by atoms with van der Waals surface area (Å²) in [5.74, 6) is 0. The topological polar surface area (TPSA) is 62.3 Å². The minimum Gasteiger partial charge on any atom is -0.297 e. The normalized spacial score (nSPS) is 12.6. The van der Waals surface area contributed by atoms with Crippen molar-refractivity contribution in [3.8, 4) is 0 Å². The molecule has 0 amide bonds. The van der Waals surface area contributed by atoms with Gasteiger partial charge in [-0.2, -0.15) is 0 Å². The maximum Gasteiger partial charge on any atom is 0.242 e. The molecule has 0 atom stereocenters. The van der Waals surface area contributed by atoms with Gasteiger partial charge < -0.3 is 0 Å². The van der Waals surface area contributed by atoms with Crippen molar-refractivity contribution in [1.29, 1.82) is 0 Å². The lowest BCUT2D eigenvalue weighted by molar-refractivity contribution is 0.179. The van der Waals surface area contributed by atoms with Gasteiger partial charge in [-0.15, -0.1) is 0 Å². The Morgan fingerprint density at radius 1 is 1.24 bits per heavy atom. The summed E-state index contributed by atoms with van der Waals surface area (Å²) >= 11 is 11.5. The lowest BCUT2D eigenvalue weighted by Gasteiger charge is -2.30. The minimum absolute atomic E-state index is 0.0116. The first kappa shape index (κ1) is 18.6. The number of nitrogens with zero attached hydrogens (tertiary/aromatic N) is 2. The Balaban J connectivity index is 2.71. The van der Waals surface area contributed by atoms with Crippen molar-refractivity contribution < 1.29 is 8.42 Å². The summed E-state index contributed by atoms with van der Waals surface area (Å²) in [5, 5.41) is 0.201. The maximum absolute atomic E-state index is 12.1. The van der Waals surface area contributed by atoms with Gasteiger partial charge in [0.05, 0.1) is 5.02 Å². The van der Waals surface area contributed by atoms with Crippen LogP contribution in [0.5, 0.6) is 0 Å². The molecule has 1 aromatic heterocycles. The summed E-state index contributed by atoms with van der Waals surface area (Å²) < 4.78 is 26.8. The van der Waals surface area contributed by atoms with E-state index in [1.807, 2.05) is 0 Å². The number of pyridine rings is 1. The first-order valence-corrected chi connectivity index (χ1v) is 8.95. The van der Waals surface area contributed by atoms with Crippen LogP contribution in [-0.4, -0.2) is 43.5 Å². The zero-order chi connectivity index (χ0) is 16.2. The van der Waals surface area contributed by atoms with Crippen molar-refractivity contribution in [2.75, 3.05) is 13.1 Å². The van der Waals surface area contributed by atoms with Gasteiger partial charge in [-0.3, -0.25) is 4.90 Å². The zero-order valence-corrected chi connectivity index (χ0v) is 14.9. The second-order valence-corrected chi connectivity index (χ2v) is 7.80. The lowest BCUT2D eigenvalue weighted by Crippen LogP contribution is -2.42. The van der Waals surface area contributed by atoms with Gasteiger partial charge in [0.25, 0.3) is 0 Å². The Hall–Kier alpha value is -0.400. The molecule has 0 unspecified atom stereocenters. The number of hydrogen-bond donors (Lipinski definition) is 1. The average molecular weight is 354 g/mol. The van der Waals surface area contributed by atoms with Gasteiger partial charge in [0, 0.05) is 31.4 Å². The van der Waals surface area contributed by atoms with Crippen LogP contribution in [0, 0.1) is 0 Å². The molecule has 0 bridgehead atoms. The van der Waals surface area contributed by atoms with Crippen molar-refractivity contribution in [2.45, 2.75) is 44.7 Å². The van der Waals surface area contributed by atoms with E-state index in [-0.39, 0.29) is 15.1 Å². The van der Waals surface area contributed by atoms with E-state index in [4.69, 9.17) is 23.2 Å². The van der Waals surface area contributed by atoms with Gasteiger partial charge in [0.15, 0.2) is 0 Å². The highest BCUT2D eigenvalue weighted by Crippen LogP contribution is 2.21. The quantitative estimate of drug-likeness (QED) is 0.765. The lowest BCUT2D eigenvalue weighted by atomic mass is 10.2. The van der Waals surface area contributed by atoms with Gasteiger partial charge in [0.2, 0.25) is 10.0 Å². The van der Waals surface area contributed by atoms with E-state index in [0.717, 1.165) is 0 Å². The summed E-state index contributed by atoms with van der Waals surface area (Å²) in [6.07, 6.45) is 1.19. The van der Waals surface area contributed by atoms with Gasteiger partial charge in [-0.25, -0.2) is 18.1 Å². The molecule has 5 nitrogen and oxygen atoms in total. The van der Waals surface area contributed by atoms with Crippen LogP contribution in [0.1, 0.15) is 27.7 Å². The largest absolute Gasteiger partial charge is 0.297 e. The summed E-state index contributed by atoms with van der Waals surface area (Å²) in [5.41, 5.74) is 0. The van der Waals surface area contributed by atoms with E-state index in [0.29, 0.717) is 25.2 Å². The van der Waals surface area contributed by atoms with Crippen molar-refractivity contribution in [3.05, 3.63) is 22.4 Å². The molecule has 1 rings (SSSR count). The second-order valence-electron chi connectivity index (χ2n) is 5.27. The van der Waals surface area contributed by atoms with E-state index < -0.39 is 10.0 Å². The summed E-state index contributed by atoms with van der Waals surface area (Å²) in [7, 11) is -3.63. The summed E-state index contributed by atoms with van der Waals surface area (Å²) in [4.78, 5) is 5.96. The second kappa shape index (κ2) is 7.74. The zero-order valence-electron chi connectivity index (χ0n) is 12.6. The highest BCUT2D eigenvalue weighted by atomic mass is 35.5. The Morgan fingerprint density at radius 3 is 2.29 bits per heavy atom. The predicted octanol–water partition coefficient (Wildman–Crippen LogP) is 2.79. The number of hydrogen-bond acceptors (Lipinski definition) is 4. The highest BCUT2D eigenvalue weighted by Gasteiger charge is 2.18. The van der Waals surface area contributed by atoms with E-state index in [9.17, 15) is 8.42 Å². The molecular formula is C13H21Cl2N3O2S. The Labute approximate surface area is 136 Å². The van der Waals surface area contributed by atoms with Crippen LogP contribution >= 0.6 is 23.2 Å². The smallest absolute Gasteiger partial charge is 0.242 e. The van der Waals surface area contributed by atoms with Crippen molar-refractivity contribution in [2.24, 2.45) is 0 Å². The van der Waals surface area contributed by atoms with Crippen LogP contribution in [0.4, 0.5) is 0 Å². The third-order valence-electron chi connectivity index (χ3n) is 3.07. The van der Waals surface area contributed by atoms with Crippen molar-refractivity contribution in [1.82, 2.24) is 14.6 Å². The molecule has 0 aromatic carbocycles. The maximum atomic E-state index is 12.1. The Morgan fingerprint density at radius 2 is 1.81 bits per heavy atom. The molecule has 0 saturated heterocycles. The highest BCUT2D eigenvalue weighted by molar-refractivity contribution is 7.89. The average Bonchev–Trinajstić information content (AvgIpc) is 2.36. The number of aromatic nitrogens is 1. The van der Waals surface area contributed by atoms with E-state index >= 15 is 0 Å². The van der Waals surface area contributed by atoms with Crippen LogP contribution in [0.3, 0.4) is 0 Å². The fourth-order valence-corrected chi connectivity index (χ4v) is 3.38. The van der Waals surface area contributed by atoms with Crippen LogP contribution in [0.15, 0.2) is 17.2 Å². The van der Waals surface area contributed by atoms with Crippen LogP contribution in [-0.2, 0) is 10.0 Å². The molecule has 0 aliphatic carbocycles. The molecule has 21 heavy (non-hydrogen) atoms. The van der Waals surface area contributed by atoms with E-state index in [1.54, 1.807) is 0 Å². The summed E-state index contributed by atoms with van der Waals surface area (Å²) in [6, 6.07) is 1.99. The van der Waals surface area contributed by atoms with Gasteiger partial charge in [-0.05, 0) is 33.8 Å². The first-order valence-electron chi connectivity index (χ1n) is 6.71. The van der Waals surface area contributed by atoms with E-state index in [1.165, 1.54) is 12.3 Å². The number of sulfonamides is 1. The SMILES string of the molecule is CC(C)N(CCNS(=O)(=O)c1cnc(Cl)c(Cl)c1)C(C)C. The Bertz CT molecular complexity index is 569. The molecule has 0 saturated carbocycles. The number of nitrogens with one attached hydrogen (secondary N) is 1. The van der Waals surface area contributed by atoms with Crippen LogP contribution in [0.2, 0.25) is 10.2 Å². The van der Waals surface area contributed by atoms with Crippen molar-refractivity contribution in [3.63, 3.8) is 0 Å². The van der Waals surface area contributed by atoms with Crippen LogP contribution in [0.25, 0.3) is 0 Å². The fourth-order valence-electron chi connectivity index (χ4n) is 2.06. The third kappa shape index (κ3) is 5.38. The van der Waals surface area contributed by atoms with Crippen molar-refractivity contribution >= 4 is 33.2 Å². The molecule has 1 N–H and O–H groups in total. The molecule has 8 heteroatoms. The first-order chi connectivity index (χ1) is 9.65. The monoisotopic (exact) mass is 353 g/mol. The van der Waals surface area contributed by atoms with Crippen LogP contribution < -0.4 is 4.72 Å². The third-order valence-corrected chi connectivity index (χ3v) is 5.18. The van der Waals surface area contributed by atoms with Gasteiger partial charge in [0.1, 0.15) is 10.0 Å². The molecule has 120 valence electrons. The van der Waals surface area contributed by atoms with Gasteiger partial charge in [-0.1, -0.05) is 23.2 Å². The molecule has 0 radical (unpaired) electrons. The molecule has 0 fully saturated rings. The molecule has 0 aliphatic heterocycles. The minimum atomic E-state index is -3.63. The number of halogens is 2. The molecule has 0 aliphatic rings. The van der Waals surface area contributed by atoms with Gasteiger partial charge >= 0.3 is 0 Å². The number of rotatable bonds is 7. The van der Waals surface area contributed by atoms with E-state index in [2.05, 4.69) is 42.3 Å². The predicted molar refractivity (Wildman–Crippen MR) is 86.4 cm³/mol. The molecule has 1 heterocycles. The molecule has 1 aromatic rings.